The maximum atomic E-state index is 5.82. The standard InChI is InChI=1S/C48H36N4O4/c1-53-38-13-5-9-29(21-38)42-27-37-26-35-18-17-33(49-35)25-34-19-20-36(50-34)28-43-44(30-10-6-14-39(22-30)54-2)45(31-11-7-15-40(23-31)55-3)48(52-43)46(47(42)51-37)32-12-8-16-41(24-32)56-4/h5-28H,1-4H3. The number of methoxy groups -OCH3 is 4. The Morgan fingerprint density at radius 1 is 0.393 bits per heavy atom. The van der Waals surface area contributed by atoms with Crippen molar-refractivity contribution in [3.05, 3.63) is 191 Å². The Labute approximate surface area is 325 Å². The third kappa shape index (κ3) is 6.47. The van der Waals surface area contributed by atoms with Crippen molar-refractivity contribution in [2.45, 2.75) is 0 Å². The quantitative estimate of drug-likeness (QED) is 0.181. The van der Waals surface area contributed by atoms with Gasteiger partial charge in [-0.15, -0.1) is 0 Å². The van der Waals surface area contributed by atoms with E-state index in [4.69, 9.17) is 38.9 Å². The van der Waals surface area contributed by atoms with Crippen LogP contribution in [-0.4, -0.2) is 51.3 Å². The monoisotopic (exact) mass is 732 g/mol. The van der Waals surface area contributed by atoms with Crippen LogP contribution in [0.25, 0.3) is 22.3 Å². The first-order chi connectivity index (χ1) is 27.5. The van der Waals surface area contributed by atoms with E-state index in [0.717, 1.165) is 107 Å². The summed E-state index contributed by atoms with van der Waals surface area (Å²) in [6.45, 7) is 0. The van der Waals surface area contributed by atoms with Gasteiger partial charge in [0.1, 0.15) is 23.0 Å². The molecule has 0 radical (unpaired) electrons. The number of allylic oxidation sites excluding steroid dienone is 12. The maximum Gasteiger partial charge on any atom is 0.119 e. The van der Waals surface area contributed by atoms with Crippen LogP contribution in [0.2, 0.25) is 0 Å². The topological polar surface area (TPSA) is 86.4 Å². The van der Waals surface area contributed by atoms with Gasteiger partial charge in [-0.25, -0.2) is 20.0 Å². The summed E-state index contributed by atoms with van der Waals surface area (Å²) in [6.07, 6.45) is 16.1. The fraction of sp³-hybridized carbons (Fsp3) is 0.0833. The number of hydrogen-bond acceptors (Lipinski definition) is 8. The molecule has 8 nitrogen and oxygen atoms in total. The van der Waals surface area contributed by atoms with E-state index >= 15 is 0 Å². The molecule has 5 aliphatic rings. The van der Waals surface area contributed by atoms with Crippen LogP contribution >= 0.6 is 0 Å². The molecular weight excluding hydrogens is 697 g/mol. The summed E-state index contributed by atoms with van der Waals surface area (Å²) in [7, 11) is 6.71. The highest BCUT2D eigenvalue weighted by Crippen LogP contribution is 2.47. The molecule has 8 heteroatoms. The van der Waals surface area contributed by atoms with Gasteiger partial charge in [-0.05, 0) is 119 Å². The Hall–Kier alpha value is -7.32. The molecule has 5 heterocycles. The maximum absolute atomic E-state index is 5.82. The first-order valence-electron chi connectivity index (χ1n) is 18.2. The van der Waals surface area contributed by atoms with Crippen molar-refractivity contribution >= 4 is 45.1 Å². The van der Waals surface area contributed by atoms with Crippen molar-refractivity contribution in [1.82, 2.24) is 0 Å². The van der Waals surface area contributed by atoms with E-state index in [1.807, 2.05) is 115 Å². The van der Waals surface area contributed by atoms with E-state index in [1.165, 1.54) is 0 Å². The zero-order valence-corrected chi connectivity index (χ0v) is 31.3. The molecule has 9 rings (SSSR count). The Kier molecular flexibility index (Phi) is 8.91. The van der Waals surface area contributed by atoms with E-state index in [0.29, 0.717) is 5.75 Å². The zero-order chi connectivity index (χ0) is 38.2. The average molecular weight is 733 g/mol. The molecule has 0 amide bonds. The highest BCUT2D eigenvalue weighted by atomic mass is 16.5. The number of fused-ring (bicyclic) bond motifs is 4. The predicted octanol–water partition coefficient (Wildman–Crippen LogP) is 9.72. The van der Waals surface area contributed by atoms with E-state index in [9.17, 15) is 0 Å². The van der Waals surface area contributed by atoms with Gasteiger partial charge in [0.05, 0.1) is 74.1 Å². The number of benzene rings is 4. The highest BCUT2D eigenvalue weighted by Gasteiger charge is 2.33. The number of rotatable bonds is 8. The smallest absolute Gasteiger partial charge is 0.119 e. The van der Waals surface area contributed by atoms with Crippen LogP contribution in [0.4, 0.5) is 0 Å². The van der Waals surface area contributed by atoms with Crippen LogP contribution < -0.4 is 18.9 Å². The lowest BCUT2D eigenvalue weighted by atomic mass is 9.85. The molecule has 0 aromatic heterocycles. The first-order valence-corrected chi connectivity index (χ1v) is 18.2. The normalized spacial score (nSPS) is 16.8. The van der Waals surface area contributed by atoms with Gasteiger partial charge < -0.3 is 18.9 Å². The fourth-order valence-corrected chi connectivity index (χ4v) is 7.33. The molecule has 56 heavy (non-hydrogen) atoms. The van der Waals surface area contributed by atoms with Crippen LogP contribution in [-0.2, 0) is 0 Å². The summed E-state index contributed by atoms with van der Waals surface area (Å²) in [6, 6.07) is 32.3. The van der Waals surface area contributed by atoms with Gasteiger partial charge in [-0.3, -0.25) is 0 Å². The third-order valence-electron chi connectivity index (χ3n) is 9.94. The number of aliphatic imine (C=N–C) groups is 4. The molecule has 0 saturated carbocycles. The minimum Gasteiger partial charge on any atom is -0.497 e. The fourth-order valence-electron chi connectivity index (χ4n) is 7.33. The van der Waals surface area contributed by atoms with Gasteiger partial charge in [0.15, 0.2) is 0 Å². The van der Waals surface area contributed by atoms with Crippen LogP contribution in [0.5, 0.6) is 23.0 Å². The summed E-state index contributed by atoms with van der Waals surface area (Å²) in [5, 5.41) is 0. The molecule has 0 fully saturated rings. The first kappa shape index (κ1) is 34.4. The average Bonchev–Trinajstić information content (AvgIpc) is 4.05. The molecule has 0 unspecified atom stereocenters. The van der Waals surface area contributed by atoms with E-state index in [1.54, 1.807) is 28.4 Å². The number of hydrogen-bond donors (Lipinski definition) is 0. The summed E-state index contributed by atoms with van der Waals surface area (Å²) < 4.78 is 23.1. The summed E-state index contributed by atoms with van der Waals surface area (Å²) in [5.74, 6) is 2.89. The van der Waals surface area contributed by atoms with Crippen LogP contribution in [0, 0.1) is 0 Å². The number of ether oxygens (including phenoxy) is 4. The second-order valence-electron chi connectivity index (χ2n) is 13.4. The second kappa shape index (κ2) is 14.5. The van der Waals surface area contributed by atoms with Crippen LogP contribution in [0.1, 0.15) is 22.3 Å². The molecule has 0 N–H and O–H groups in total. The Morgan fingerprint density at radius 2 is 0.857 bits per heavy atom. The van der Waals surface area contributed by atoms with Gasteiger partial charge in [-0.1, -0.05) is 48.5 Å². The number of nitrogens with zero attached hydrogens (tertiary/aromatic N) is 4. The molecule has 8 bridgehead atoms. The molecule has 5 aliphatic heterocycles. The van der Waals surface area contributed by atoms with Gasteiger partial charge in [0.25, 0.3) is 0 Å². The Morgan fingerprint density at radius 3 is 1.41 bits per heavy atom. The minimum absolute atomic E-state index is 0.705. The SMILES string of the molecule is COc1cccc(C2=CC3=CC4=NC(=CC5=NC(=CC6=NC(=C(c7cccc(OC)c7)C2=N3)C(c2cccc(OC)c2)=C6c2cccc(OC)c2)C=C5)C=C4)c1. The molecule has 0 atom stereocenters. The molecular formula is C48H36N4O4. The van der Waals surface area contributed by atoms with Crippen molar-refractivity contribution in [3.63, 3.8) is 0 Å². The third-order valence-corrected chi connectivity index (χ3v) is 9.94. The molecule has 0 aliphatic carbocycles. The van der Waals surface area contributed by atoms with E-state index in [2.05, 4.69) is 30.3 Å². The lowest BCUT2D eigenvalue weighted by molar-refractivity contribution is 0.414. The zero-order valence-electron chi connectivity index (χ0n) is 31.3. The predicted molar refractivity (Wildman–Crippen MR) is 226 cm³/mol. The Bertz CT molecular complexity index is 2730. The molecule has 0 spiro atoms. The van der Waals surface area contributed by atoms with Crippen molar-refractivity contribution in [1.29, 1.82) is 0 Å². The summed E-state index contributed by atoms with van der Waals surface area (Å²) in [4.78, 5) is 20.9. The van der Waals surface area contributed by atoms with Crippen LogP contribution in [0.15, 0.2) is 188 Å². The van der Waals surface area contributed by atoms with Gasteiger partial charge >= 0.3 is 0 Å². The molecule has 272 valence electrons. The summed E-state index contributed by atoms with van der Waals surface area (Å²) in [5.41, 5.74) is 13.3. The van der Waals surface area contributed by atoms with Crippen molar-refractivity contribution < 1.29 is 18.9 Å². The minimum atomic E-state index is 0.705. The van der Waals surface area contributed by atoms with Gasteiger partial charge in [0.2, 0.25) is 0 Å². The van der Waals surface area contributed by atoms with Crippen molar-refractivity contribution in [3.8, 4) is 23.0 Å². The van der Waals surface area contributed by atoms with Crippen LogP contribution in [0.3, 0.4) is 0 Å². The Balaban J connectivity index is 1.44. The lowest BCUT2D eigenvalue weighted by Gasteiger charge is -2.18. The van der Waals surface area contributed by atoms with Crippen molar-refractivity contribution in [2.75, 3.05) is 28.4 Å². The molecule has 0 saturated heterocycles. The summed E-state index contributed by atoms with van der Waals surface area (Å²) >= 11 is 0. The highest BCUT2D eigenvalue weighted by molar-refractivity contribution is 6.50. The molecule has 4 aromatic carbocycles. The second-order valence-corrected chi connectivity index (χ2v) is 13.4. The van der Waals surface area contributed by atoms with E-state index < -0.39 is 0 Å². The van der Waals surface area contributed by atoms with Gasteiger partial charge in [0, 0.05) is 22.3 Å². The van der Waals surface area contributed by atoms with Crippen molar-refractivity contribution in [2.24, 2.45) is 20.0 Å². The van der Waals surface area contributed by atoms with E-state index in [-0.39, 0.29) is 0 Å². The largest absolute Gasteiger partial charge is 0.497 e. The lowest BCUT2D eigenvalue weighted by Crippen LogP contribution is -2.07. The molecule has 4 aromatic rings. The van der Waals surface area contributed by atoms with Gasteiger partial charge in [-0.2, -0.15) is 0 Å².